The maximum Gasteiger partial charge on any atom is 0.0902 e. The summed E-state index contributed by atoms with van der Waals surface area (Å²) >= 11 is 3.79. The average Bonchev–Trinajstić information content (AvgIpc) is 1.68. The highest BCUT2D eigenvalue weighted by Crippen LogP contribution is 1.85. The number of hydrogen-bond donors (Lipinski definition) is 2. The van der Waals surface area contributed by atoms with Gasteiger partial charge in [-0.3, -0.25) is 0 Å². The van der Waals surface area contributed by atoms with E-state index in [1.807, 2.05) is 0 Å². The minimum Gasteiger partial charge on any atom is -0.363 e. The largest absolute Gasteiger partial charge is 0.363 e. The van der Waals surface area contributed by atoms with Gasteiger partial charge in [0.2, 0.25) is 0 Å². The van der Waals surface area contributed by atoms with E-state index in [1.165, 1.54) is 6.21 Å². The molecule has 1 atom stereocenters. The van der Waals surface area contributed by atoms with Gasteiger partial charge in [-0.15, -0.1) is 0 Å². The lowest BCUT2D eigenvalue weighted by molar-refractivity contribution is 0.160. The van der Waals surface area contributed by atoms with Crippen LogP contribution < -0.4 is 0 Å². The Hall–Kier alpha value is -0.0200. The van der Waals surface area contributed by atoms with Gasteiger partial charge >= 0.3 is 0 Å². The van der Waals surface area contributed by atoms with Crippen molar-refractivity contribution in [3.05, 3.63) is 0 Å². The van der Waals surface area contributed by atoms with Crippen LogP contribution in [-0.4, -0.2) is 18.3 Å². The van der Waals surface area contributed by atoms with Gasteiger partial charge in [-0.25, -0.2) is 0 Å². The predicted octanol–water partition coefficient (Wildman–Crippen LogP) is 0.928. The molecule has 2 nitrogen and oxygen atoms in total. The molecule has 0 aliphatic rings. The summed E-state index contributed by atoms with van der Waals surface area (Å²) in [5, 5.41) is 6.63. The summed E-state index contributed by atoms with van der Waals surface area (Å²) in [7, 11) is 0. The average molecular weight is 119 g/mol. The molecule has 0 radical (unpaired) electrons. The van der Waals surface area contributed by atoms with Crippen LogP contribution in [0, 0.1) is 5.41 Å². The third-order valence-electron chi connectivity index (χ3n) is 0.572. The van der Waals surface area contributed by atoms with Crippen LogP contribution >= 0.6 is 12.6 Å². The topological polar surface area (TPSA) is 33.1 Å². The smallest absolute Gasteiger partial charge is 0.0902 e. The molecule has 0 aromatic rings. The van der Waals surface area contributed by atoms with Crippen molar-refractivity contribution in [2.75, 3.05) is 5.94 Å². The van der Waals surface area contributed by atoms with E-state index in [-0.39, 0.29) is 6.10 Å². The van der Waals surface area contributed by atoms with Crippen molar-refractivity contribution in [1.82, 2.24) is 0 Å². The first-order valence-electron chi connectivity index (χ1n) is 2.04. The van der Waals surface area contributed by atoms with Crippen molar-refractivity contribution < 1.29 is 4.74 Å². The summed E-state index contributed by atoms with van der Waals surface area (Å²) in [6.07, 6.45) is 1.15. The Morgan fingerprint density at radius 1 is 2.00 bits per heavy atom. The van der Waals surface area contributed by atoms with Crippen LogP contribution in [0.15, 0.2) is 0 Å². The summed E-state index contributed by atoms with van der Waals surface area (Å²) in [5.74, 6) is 0.385. The lowest BCUT2D eigenvalue weighted by Gasteiger charge is -2.00. The Bertz CT molecular complexity index is 57.7. The summed E-state index contributed by atoms with van der Waals surface area (Å²) in [6, 6.07) is 0. The molecule has 0 amide bonds. The van der Waals surface area contributed by atoms with E-state index in [0.29, 0.717) is 5.94 Å². The van der Waals surface area contributed by atoms with Gasteiger partial charge in [-0.05, 0) is 6.92 Å². The van der Waals surface area contributed by atoms with Crippen LogP contribution in [0.2, 0.25) is 0 Å². The number of rotatable bonds is 3. The second-order valence-electron chi connectivity index (χ2n) is 1.17. The van der Waals surface area contributed by atoms with E-state index >= 15 is 0 Å². The molecule has 0 fully saturated rings. The molecule has 1 unspecified atom stereocenters. The van der Waals surface area contributed by atoms with Crippen LogP contribution in [0.3, 0.4) is 0 Å². The number of ether oxygens (including phenoxy) is 1. The Morgan fingerprint density at radius 2 is 2.57 bits per heavy atom. The zero-order valence-electron chi connectivity index (χ0n) is 4.22. The van der Waals surface area contributed by atoms with Gasteiger partial charge < -0.3 is 10.1 Å². The summed E-state index contributed by atoms with van der Waals surface area (Å²) in [5.41, 5.74) is 0. The molecular formula is C4H9NOS. The maximum absolute atomic E-state index is 6.63. The summed E-state index contributed by atoms with van der Waals surface area (Å²) in [4.78, 5) is 0. The highest BCUT2D eigenvalue weighted by Gasteiger charge is 1.89. The molecule has 0 heterocycles. The third kappa shape index (κ3) is 3.82. The van der Waals surface area contributed by atoms with E-state index < -0.39 is 0 Å². The zero-order chi connectivity index (χ0) is 5.70. The maximum atomic E-state index is 6.63. The van der Waals surface area contributed by atoms with E-state index in [1.54, 1.807) is 6.92 Å². The normalized spacial score (nSPS) is 13.4. The Labute approximate surface area is 48.8 Å². The lowest BCUT2D eigenvalue weighted by atomic mass is 10.5. The molecule has 0 saturated heterocycles. The van der Waals surface area contributed by atoms with Crippen LogP contribution in [0.1, 0.15) is 6.92 Å². The zero-order valence-corrected chi connectivity index (χ0v) is 5.11. The Balaban J connectivity index is 2.98. The minimum absolute atomic E-state index is 0.0856. The lowest BCUT2D eigenvalue weighted by Crippen LogP contribution is -2.06. The van der Waals surface area contributed by atoms with Crippen molar-refractivity contribution >= 4 is 18.8 Å². The second-order valence-corrected chi connectivity index (χ2v) is 1.43. The van der Waals surface area contributed by atoms with Gasteiger partial charge in [0.1, 0.15) is 0 Å². The van der Waals surface area contributed by atoms with Gasteiger partial charge in [0.25, 0.3) is 0 Å². The van der Waals surface area contributed by atoms with Gasteiger partial charge in [-0.2, -0.15) is 12.6 Å². The fourth-order valence-corrected chi connectivity index (χ4v) is 0.401. The minimum atomic E-state index is -0.0856. The fourth-order valence-electron chi connectivity index (χ4n) is 0.166. The van der Waals surface area contributed by atoms with Crippen LogP contribution in [0.5, 0.6) is 0 Å². The second kappa shape index (κ2) is 4.15. The van der Waals surface area contributed by atoms with E-state index in [2.05, 4.69) is 12.6 Å². The monoisotopic (exact) mass is 119 g/mol. The highest BCUT2D eigenvalue weighted by atomic mass is 32.1. The Morgan fingerprint density at radius 3 is 2.71 bits per heavy atom. The van der Waals surface area contributed by atoms with Gasteiger partial charge in [0.05, 0.1) is 12.0 Å². The van der Waals surface area contributed by atoms with Crippen molar-refractivity contribution in [2.45, 2.75) is 13.0 Å². The number of nitrogens with one attached hydrogen (secondary N) is 1. The number of thiol groups is 1. The molecule has 42 valence electrons. The quantitative estimate of drug-likeness (QED) is 0.323. The molecule has 0 saturated carbocycles. The molecule has 0 bridgehead atoms. The molecule has 0 aliphatic carbocycles. The SMILES string of the molecule is CC(C=N)OCS. The molecule has 0 spiro atoms. The van der Waals surface area contributed by atoms with Crippen molar-refractivity contribution in [3.8, 4) is 0 Å². The molecule has 0 aromatic carbocycles. The first kappa shape index (κ1) is 6.98. The van der Waals surface area contributed by atoms with Gasteiger partial charge in [0, 0.05) is 6.21 Å². The van der Waals surface area contributed by atoms with E-state index in [0.717, 1.165) is 0 Å². The number of hydrogen-bond acceptors (Lipinski definition) is 3. The predicted molar refractivity (Wildman–Crippen MR) is 33.2 cm³/mol. The summed E-state index contributed by atoms with van der Waals surface area (Å²) < 4.78 is 4.81. The van der Waals surface area contributed by atoms with E-state index in [9.17, 15) is 0 Å². The molecule has 3 heteroatoms. The van der Waals surface area contributed by atoms with Crippen LogP contribution in [0.4, 0.5) is 0 Å². The molecule has 0 rings (SSSR count). The first-order valence-corrected chi connectivity index (χ1v) is 2.67. The van der Waals surface area contributed by atoms with E-state index in [4.69, 9.17) is 10.1 Å². The summed E-state index contributed by atoms with van der Waals surface area (Å²) in [6.45, 7) is 1.79. The fraction of sp³-hybridized carbons (Fsp3) is 0.750. The molecule has 0 aromatic heterocycles. The van der Waals surface area contributed by atoms with Gasteiger partial charge in [0.15, 0.2) is 0 Å². The van der Waals surface area contributed by atoms with Crippen LogP contribution in [-0.2, 0) is 4.74 Å². The highest BCUT2D eigenvalue weighted by molar-refractivity contribution is 7.80. The van der Waals surface area contributed by atoms with Crippen molar-refractivity contribution in [1.29, 1.82) is 5.41 Å². The van der Waals surface area contributed by atoms with Crippen molar-refractivity contribution in [2.24, 2.45) is 0 Å². The van der Waals surface area contributed by atoms with Crippen molar-refractivity contribution in [3.63, 3.8) is 0 Å². The molecule has 1 N–H and O–H groups in total. The molecular weight excluding hydrogens is 110 g/mol. The molecule has 0 aliphatic heterocycles. The standard InChI is InChI=1S/C4H9NOS/c1-4(2-5)6-3-7/h2,4-5,7H,3H2,1H3. The molecule has 7 heavy (non-hydrogen) atoms. The van der Waals surface area contributed by atoms with Crippen LogP contribution in [0.25, 0.3) is 0 Å². The first-order chi connectivity index (χ1) is 3.31. The Kier molecular flexibility index (Phi) is 4.14. The third-order valence-corrected chi connectivity index (χ3v) is 0.721. The van der Waals surface area contributed by atoms with Gasteiger partial charge in [-0.1, -0.05) is 0 Å².